The van der Waals surface area contributed by atoms with E-state index >= 15 is 0 Å². The Balaban J connectivity index is 1.78. The highest BCUT2D eigenvalue weighted by atomic mass is 31.2. The Morgan fingerprint density at radius 1 is 1.12 bits per heavy atom. The molecule has 2 unspecified atom stereocenters. The number of aromatic nitrogens is 1. The van der Waals surface area contributed by atoms with E-state index in [9.17, 15) is 19.4 Å². The van der Waals surface area contributed by atoms with Crippen LogP contribution in [0.3, 0.4) is 0 Å². The van der Waals surface area contributed by atoms with Crippen LogP contribution in [0.4, 0.5) is 0 Å². The number of fused-ring (bicyclic) bond motifs is 1. The lowest BCUT2D eigenvalue weighted by molar-refractivity contribution is -0.139. The van der Waals surface area contributed by atoms with Crippen LogP contribution in [0.1, 0.15) is 11.1 Å². The third-order valence-corrected chi connectivity index (χ3v) is 5.51. The Morgan fingerprint density at radius 3 is 2.60 bits per heavy atom. The lowest BCUT2D eigenvalue weighted by atomic mass is 10.0. The number of benzene rings is 2. The number of carboxylic acid groups (broad SMARTS) is 1. The molecule has 25 heavy (non-hydrogen) atoms. The van der Waals surface area contributed by atoms with Crippen LogP contribution < -0.4 is 5.09 Å². The summed E-state index contributed by atoms with van der Waals surface area (Å²) in [5.41, 5.74) is 2.38. The van der Waals surface area contributed by atoms with Gasteiger partial charge in [0.15, 0.2) is 0 Å². The average molecular weight is 358 g/mol. The summed E-state index contributed by atoms with van der Waals surface area (Å²) in [6.45, 7) is 0. The van der Waals surface area contributed by atoms with Crippen molar-refractivity contribution < 1.29 is 19.4 Å². The first-order valence-electron chi connectivity index (χ1n) is 7.86. The van der Waals surface area contributed by atoms with Crippen LogP contribution in [-0.4, -0.2) is 27.0 Å². The van der Waals surface area contributed by atoms with Crippen molar-refractivity contribution in [2.24, 2.45) is 0 Å². The zero-order valence-corrected chi connectivity index (χ0v) is 14.3. The predicted octanol–water partition coefficient (Wildman–Crippen LogP) is 3.14. The normalized spacial score (nSPS) is 14.9. The van der Waals surface area contributed by atoms with Gasteiger partial charge < -0.3 is 15.0 Å². The SMILES string of the molecule is O=C(O)C(Cc1cccc2[nH]ccc12)NP(=O)(O)Cc1ccccc1. The summed E-state index contributed by atoms with van der Waals surface area (Å²) in [7, 11) is -3.85. The van der Waals surface area contributed by atoms with Gasteiger partial charge in [-0.25, -0.2) is 5.09 Å². The summed E-state index contributed by atoms with van der Waals surface area (Å²) in [6.07, 6.45) is 1.78. The Hall–Kier alpha value is -2.40. The summed E-state index contributed by atoms with van der Waals surface area (Å²) in [4.78, 5) is 24.9. The van der Waals surface area contributed by atoms with E-state index in [4.69, 9.17) is 0 Å². The van der Waals surface area contributed by atoms with Crippen molar-refractivity contribution in [3.63, 3.8) is 0 Å². The maximum atomic E-state index is 12.5. The van der Waals surface area contributed by atoms with E-state index in [1.807, 2.05) is 30.3 Å². The van der Waals surface area contributed by atoms with Crippen LogP contribution >= 0.6 is 7.52 Å². The largest absolute Gasteiger partial charge is 0.480 e. The average Bonchev–Trinajstić information content (AvgIpc) is 3.04. The van der Waals surface area contributed by atoms with E-state index in [-0.39, 0.29) is 12.6 Å². The van der Waals surface area contributed by atoms with Crippen molar-refractivity contribution in [3.05, 3.63) is 71.9 Å². The monoisotopic (exact) mass is 358 g/mol. The van der Waals surface area contributed by atoms with Crippen LogP contribution in [0.25, 0.3) is 10.9 Å². The zero-order chi connectivity index (χ0) is 17.9. The number of aliphatic carboxylic acids is 1. The fourth-order valence-electron chi connectivity index (χ4n) is 2.86. The van der Waals surface area contributed by atoms with Gasteiger partial charge in [0.2, 0.25) is 0 Å². The predicted molar refractivity (Wildman–Crippen MR) is 96.5 cm³/mol. The fraction of sp³-hybridized carbons (Fsp3) is 0.167. The third-order valence-electron chi connectivity index (χ3n) is 4.00. The van der Waals surface area contributed by atoms with E-state index in [0.29, 0.717) is 5.56 Å². The van der Waals surface area contributed by atoms with Gasteiger partial charge in [0.1, 0.15) is 6.04 Å². The standard InChI is InChI=1S/C18H19N2O4P/c21-18(22)17(11-14-7-4-8-16-15(14)9-10-19-16)20-25(23,24)12-13-5-2-1-3-6-13/h1-10,17,19H,11-12H2,(H,21,22)(H2,20,23,24). The van der Waals surface area contributed by atoms with Gasteiger partial charge in [-0.2, -0.15) is 0 Å². The van der Waals surface area contributed by atoms with Crippen molar-refractivity contribution in [1.82, 2.24) is 10.1 Å². The molecule has 0 aliphatic carbocycles. The molecule has 1 aromatic heterocycles. The maximum Gasteiger partial charge on any atom is 0.321 e. The van der Waals surface area contributed by atoms with Crippen molar-refractivity contribution in [1.29, 1.82) is 0 Å². The zero-order valence-electron chi connectivity index (χ0n) is 13.4. The fourth-order valence-corrected chi connectivity index (χ4v) is 4.34. The molecule has 2 atom stereocenters. The third kappa shape index (κ3) is 4.37. The van der Waals surface area contributed by atoms with E-state index < -0.39 is 19.5 Å². The molecule has 0 spiro atoms. The first kappa shape index (κ1) is 17.4. The number of nitrogens with one attached hydrogen (secondary N) is 2. The first-order valence-corrected chi connectivity index (χ1v) is 9.70. The molecule has 130 valence electrons. The molecule has 0 bridgehead atoms. The smallest absolute Gasteiger partial charge is 0.321 e. The van der Waals surface area contributed by atoms with E-state index in [2.05, 4.69) is 10.1 Å². The Morgan fingerprint density at radius 2 is 1.88 bits per heavy atom. The molecular weight excluding hydrogens is 339 g/mol. The van der Waals surface area contributed by atoms with Gasteiger partial charge in [-0.15, -0.1) is 0 Å². The van der Waals surface area contributed by atoms with Crippen molar-refractivity contribution in [2.75, 3.05) is 0 Å². The highest BCUT2D eigenvalue weighted by Gasteiger charge is 2.28. The van der Waals surface area contributed by atoms with Crippen LogP contribution in [0.5, 0.6) is 0 Å². The van der Waals surface area contributed by atoms with Crippen molar-refractivity contribution in [2.45, 2.75) is 18.6 Å². The van der Waals surface area contributed by atoms with Gasteiger partial charge >= 0.3 is 5.97 Å². The first-order chi connectivity index (χ1) is 11.9. The van der Waals surface area contributed by atoms with Crippen LogP contribution in [0.15, 0.2) is 60.8 Å². The highest BCUT2D eigenvalue weighted by molar-refractivity contribution is 7.55. The van der Waals surface area contributed by atoms with Gasteiger partial charge in [0.25, 0.3) is 7.52 Å². The Kier molecular flexibility index (Phi) is 5.04. The number of hydrogen-bond donors (Lipinski definition) is 4. The van der Waals surface area contributed by atoms with Crippen LogP contribution in [-0.2, 0) is 21.9 Å². The Labute approximate surface area is 145 Å². The lowest BCUT2D eigenvalue weighted by Crippen LogP contribution is -2.36. The summed E-state index contributed by atoms with van der Waals surface area (Å²) in [5.74, 6) is -1.16. The topological polar surface area (TPSA) is 102 Å². The number of carbonyl (C=O) groups is 1. The molecule has 0 amide bonds. The second-order valence-electron chi connectivity index (χ2n) is 5.93. The number of rotatable bonds is 7. The molecule has 0 saturated heterocycles. The van der Waals surface area contributed by atoms with Gasteiger partial charge in [-0.05, 0) is 29.7 Å². The molecule has 0 fully saturated rings. The summed E-state index contributed by atoms with van der Waals surface area (Å²) in [6, 6.07) is 15.1. The lowest BCUT2D eigenvalue weighted by Gasteiger charge is -2.20. The van der Waals surface area contributed by atoms with E-state index in [0.717, 1.165) is 16.5 Å². The van der Waals surface area contributed by atoms with Gasteiger partial charge in [-0.3, -0.25) is 9.36 Å². The Bertz CT molecular complexity index is 923. The minimum Gasteiger partial charge on any atom is -0.480 e. The molecule has 4 N–H and O–H groups in total. The molecule has 1 heterocycles. The molecule has 0 radical (unpaired) electrons. The number of aromatic amines is 1. The molecule has 3 rings (SSSR count). The van der Waals surface area contributed by atoms with E-state index in [1.54, 1.807) is 30.5 Å². The molecule has 0 saturated carbocycles. The van der Waals surface area contributed by atoms with Gasteiger partial charge in [0.05, 0.1) is 6.16 Å². The molecule has 3 aromatic rings. The van der Waals surface area contributed by atoms with Crippen molar-refractivity contribution >= 4 is 24.4 Å². The molecule has 0 aliphatic heterocycles. The number of hydrogen-bond acceptors (Lipinski definition) is 2. The summed E-state index contributed by atoms with van der Waals surface area (Å²) in [5, 5.41) is 12.8. The molecule has 6 nitrogen and oxygen atoms in total. The number of carboxylic acids is 1. The van der Waals surface area contributed by atoms with E-state index in [1.165, 1.54) is 0 Å². The molecular formula is C18H19N2O4P. The van der Waals surface area contributed by atoms with Gasteiger partial charge in [0, 0.05) is 17.1 Å². The summed E-state index contributed by atoms with van der Waals surface area (Å²) < 4.78 is 12.5. The number of H-pyrrole nitrogens is 1. The minimum atomic E-state index is -3.85. The van der Waals surface area contributed by atoms with Crippen LogP contribution in [0, 0.1) is 0 Å². The molecule has 0 aliphatic rings. The minimum absolute atomic E-state index is 0.115. The van der Waals surface area contributed by atoms with Gasteiger partial charge in [-0.1, -0.05) is 42.5 Å². The molecule has 7 heteroatoms. The van der Waals surface area contributed by atoms with Crippen LogP contribution in [0.2, 0.25) is 0 Å². The second-order valence-corrected chi connectivity index (χ2v) is 7.90. The highest BCUT2D eigenvalue weighted by Crippen LogP contribution is 2.40. The summed E-state index contributed by atoms with van der Waals surface area (Å²) >= 11 is 0. The van der Waals surface area contributed by atoms with Crippen molar-refractivity contribution in [3.8, 4) is 0 Å². The quantitative estimate of drug-likeness (QED) is 0.486. The second kappa shape index (κ2) is 7.23. The molecule has 2 aromatic carbocycles. The maximum absolute atomic E-state index is 12.5.